The molecule has 1 aromatic heterocycles. The standard InChI is InChI=1S/C18H12Cl3NO3/c19-11-5-7-16(14(21)9-11)24-10-12-6-8-17(25-12)18(23)22-15-4-2-1-3-13(15)20/h1-9H,10H2,(H,22,23). The van der Waals surface area contributed by atoms with Crippen LogP contribution in [-0.4, -0.2) is 5.91 Å². The van der Waals surface area contributed by atoms with Gasteiger partial charge in [-0.2, -0.15) is 0 Å². The third-order valence-corrected chi connectivity index (χ3v) is 4.13. The molecule has 0 radical (unpaired) electrons. The molecule has 0 aliphatic rings. The van der Waals surface area contributed by atoms with E-state index in [0.717, 1.165) is 0 Å². The lowest BCUT2D eigenvalue weighted by molar-refractivity contribution is 0.0992. The van der Waals surface area contributed by atoms with Crippen LogP contribution in [0.1, 0.15) is 16.3 Å². The molecule has 0 saturated carbocycles. The van der Waals surface area contributed by atoms with Gasteiger partial charge in [-0.05, 0) is 42.5 Å². The van der Waals surface area contributed by atoms with E-state index in [4.69, 9.17) is 44.0 Å². The van der Waals surface area contributed by atoms with Gasteiger partial charge in [-0.15, -0.1) is 0 Å². The van der Waals surface area contributed by atoms with Crippen LogP contribution in [0.5, 0.6) is 5.75 Å². The van der Waals surface area contributed by atoms with E-state index in [1.54, 1.807) is 54.6 Å². The minimum atomic E-state index is -0.399. The molecule has 4 nitrogen and oxygen atoms in total. The van der Waals surface area contributed by atoms with Crippen molar-refractivity contribution in [3.05, 3.63) is 81.2 Å². The highest BCUT2D eigenvalue weighted by Gasteiger charge is 2.13. The van der Waals surface area contributed by atoms with Gasteiger partial charge < -0.3 is 14.5 Å². The molecule has 3 rings (SSSR count). The van der Waals surface area contributed by atoms with E-state index in [2.05, 4.69) is 5.32 Å². The summed E-state index contributed by atoms with van der Waals surface area (Å²) in [6, 6.07) is 15.1. The molecular formula is C18H12Cl3NO3. The molecule has 3 aromatic rings. The second-order valence-corrected chi connectivity index (χ2v) is 6.31. The summed E-state index contributed by atoms with van der Waals surface area (Å²) in [5.74, 6) is 0.712. The van der Waals surface area contributed by atoms with E-state index in [1.165, 1.54) is 0 Å². The minimum absolute atomic E-state index is 0.126. The topological polar surface area (TPSA) is 51.5 Å². The number of anilines is 1. The summed E-state index contributed by atoms with van der Waals surface area (Å²) in [6.07, 6.45) is 0. The maximum absolute atomic E-state index is 12.2. The van der Waals surface area contributed by atoms with Crippen molar-refractivity contribution in [2.45, 2.75) is 6.61 Å². The number of nitrogens with one attached hydrogen (secondary N) is 1. The van der Waals surface area contributed by atoms with Crippen LogP contribution in [-0.2, 0) is 6.61 Å². The summed E-state index contributed by atoms with van der Waals surface area (Å²) < 4.78 is 11.1. The zero-order valence-corrected chi connectivity index (χ0v) is 15.0. The number of ether oxygens (including phenoxy) is 1. The first-order valence-electron chi connectivity index (χ1n) is 7.25. The van der Waals surface area contributed by atoms with Gasteiger partial charge in [0.1, 0.15) is 18.1 Å². The van der Waals surface area contributed by atoms with E-state index in [9.17, 15) is 4.79 Å². The summed E-state index contributed by atoms with van der Waals surface area (Å²) in [5.41, 5.74) is 0.510. The average molecular weight is 397 g/mol. The van der Waals surface area contributed by atoms with Crippen LogP contribution in [0.3, 0.4) is 0 Å². The van der Waals surface area contributed by atoms with Gasteiger partial charge in [0.05, 0.1) is 15.7 Å². The lowest BCUT2D eigenvalue weighted by Gasteiger charge is -2.07. The maximum atomic E-state index is 12.2. The number of rotatable bonds is 5. The highest BCUT2D eigenvalue weighted by Crippen LogP contribution is 2.28. The van der Waals surface area contributed by atoms with Crippen molar-refractivity contribution in [1.29, 1.82) is 0 Å². The van der Waals surface area contributed by atoms with Gasteiger partial charge in [-0.1, -0.05) is 46.9 Å². The fourth-order valence-corrected chi connectivity index (χ4v) is 2.71. The summed E-state index contributed by atoms with van der Waals surface area (Å²) >= 11 is 17.9. The number of halogens is 3. The van der Waals surface area contributed by atoms with Gasteiger partial charge in [0.25, 0.3) is 5.91 Å². The van der Waals surface area contributed by atoms with Crippen LogP contribution in [0, 0.1) is 0 Å². The molecule has 0 atom stereocenters. The normalized spacial score (nSPS) is 10.5. The molecule has 0 fully saturated rings. The Morgan fingerprint density at radius 3 is 2.56 bits per heavy atom. The molecule has 0 saturated heterocycles. The van der Waals surface area contributed by atoms with Gasteiger partial charge >= 0.3 is 0 Å². The maximum Gasteiger partial charge on any atom is 0.291 e. The van der Waals surface area contributed by atoms with Crippen molar-refractivity contribution in [1.82, 2.24) is 0 Å². The van der Waals surface area contributed by atoms with Gasteiger partial charge in [0.2, 0.25) is 0 Å². The Balaban J connectivity index is 1.64. The number of furan rings is 1. The number of benzene rings is 2. The summed E-state index contributed by atoms with van der Waals surface area (Å²) in [7, 11) is 0. The quantitative estimate of drug-likeness (QED) is 0.569. The van der Waals surface area contributed by atoms with Crippen LogP contribution < -0.4 is 10.1 Å². The molecule has 2 aromatic carbocycles. The Bertz CT molecular complexity index is 908. The Morgan fingerprint density at radius 2 is 1.80 bits per heavy atom. The molecular weight excluding hydrogens is 385 g/mol. The van der Waals surface area contributed by atoms with E-state index in [0.29, 0.717) is 32.3 Å². The monoisotopic (exact) mass is 395 g/mol. The first kappa shape index (κ1) is 17.7. The van der Waals surface area contributed by atoms with Crippen LogP contribution in [0.25, 0.3) is 0 Å². The average Bonchev–Trinajstić information content (AvgIpc) is 3.05. The van der Waals surface area contributed by atoms with E-state index in [1.807, 2.05) is 0 Å². The first-order chi connectivity index (χ1) is 12.0. The first-order valence-corrected chi connectivity index (χ1v) is 8.39. The third kappa shape index (κ3) is 4.48. The largest absolute Gasteiger partial charge is 0.484 e. The van der Waals surface area contributed by atoms with Crippen LogP contribution in [0.4, 0.5) is 5.69 Å². The lowest BCUT2D eigenvalue weighted by Crippen LogP contribution is -2.11. The van der Waals surface area contributed by atoms with E-state index >= 15 is 0 Å². The molecule has 128 valence electrons. The van der Waals surface area contributed by atoms with Gasteiger partial charge in [0.15, 0.2) is 5.76 Å². The second kappa shape index (κ2) is 7.83. The minimum Gasteiger partial charge on any atom is -0.484 e. The van der Waals surface area contributed by atoms with E-state index in [-0.39, 0.29) is 12.4 Å². The Hall–Kier alpha value is -2.14. The molecule has 1 N–H and O–H groups in total. The zero-order chi connectivity index (χ0) is 17.8. The number of hydrogen-bond donors (Lipinski definition) is 1. The molecule has 0 unspecified atom stereocenters. The molecule has 25 heavy (non-hydrogen) atoms. The van der Waals surface area contributed by atoms with Gasteiger partial charge in [-0.3, -0.25) is 4.79 Å². The lowest BCUT2D eigenvalue weighted by atomic mass is 10.3. The smallest absolute Gasteiger partial charge is 0.291 e. The van der Waals surface area contributed by atoms with Crippen molar-refractivity contribution in [3.63, 3.8) is 0 Å². The van der Waals surface area contributed by atoms with Gasteiger partial charge in [0, 0.05) is 5.02 Å². The Morgan fingerprint density at radius 1 is 1.00 bits per heavy atom. The highest BCUT2D eigenvalue weighted by molar-refractivity contribution is 6.35. The molecule has 0 aliphatic heterocycles. The number of carbonyl (C=O) groups is 1. The van der Waals surface area contributed by atoms with Crippen molar-refractivity contribution in [2.75, 3.05) is 5.32 Å². The predicted molar refractivity (Wildman–Crippen MR) is 98.9 cm³/mol. The van der Waals surface area contributed by atoms with Crippen molar-refractivity contribution >= 4 is 46.4 Å². The fourth-order valence-electron chi connectivity index (χ4n) is 2.07. The van der Waals surface area contributed by atoms with Crippen molar-refractivity contribution in [2.24, 2.45) is 0 Å². The third-order valence-electron chi connectivity index (χ3n) is 3.27. The number of para-hydroxylation sites is 1. The van der Waals surface area contributed by atoms with Crippen LogP contribution in [0.2, 0.25) is 15.1 Å². The highest BCUT2D eigenvalue weighted by atomic mass is 35.5. The molecule has 1 amide bonds. The predicted octanol–water partition coefficient (Wildman–Crippen LogP) is 6.07. The van der Waals surface area contributed by atoms with Crippen molar-refractivity contribution in [3.8, 4) is 5.75 Å². The number of amides is 1. The zero-order valence-electron chi connectivity index (χ0n) is 12.8. The number of hydrogen-bond acceptors (Lipinski definition) is 3. The summed E-state index contributed by atoms with van der Waals surface area (Å²) in [5, 5.41) is 4.06. The molecule has 1 heterocycles. The molecule has 0 bridgehead atoms. The SMILES string of the molecule is O=C(Nc1ccccc1Cl)c1ccc(COc2ccc(Cl)cc2Cl)o1. The van der Waals surface area contributed by atoms with Crippen LogP contribution in [0.15, 0.2) is 59.0 Å². The molecule has 7 heteroatoms. The van der Waals surface area contributed by atoms with Crippen LogP contribution >= 0.6 is 34.8 Å². The Kier molecular flexibility index (Phi) is 5.53. The van der Waals surface area contributed by atoms with Crippen molar-refractivity contribution < 1.29 is 13.9 Å². The van der Waals surface area contributed by atoms with E-state index < -0.39 is 5.91 Å². The summed E-state index contributed by atoms with van der Waals surface area (Å²) in [6.45, 7) is 0.126. The number of carbonyl (C=O) groups excluding carboxylic acids is 1. The molecule has 0 spiro atoms. The Labute approximate surface area is 159 Å². The fraction of sp³-hybridized carbons (Fsp3) is 0.0556. The molecule has 0 aliphatic carbocycles. The second-order valence-electron chi connectivity index (χ2n) is 5.06. The summed E-state index contributed by atoms with van der Waals surface area (Å²) in [4.78, 5) is 12.2. The van der Waals surface area contributed by atoms with Gasteiger partial charge in [-0.25, -0.2) is 0 Å².